The molecule has 0 radical (unpaired) electrons. The van der Waals surface area contributed by atoms with E-state index >= 15 is 0 Å². The predicted octanol–water partition coefficient (Wildman–Crippen LogP) is 4.60. The molecule has 0 aliphatic rings. The van der Waals surface area contributed by atoms with Crippen molar-refractivity contribution in [2.75, 3.05) is 11.9 Å². The number of rotatable bonds is 8. The van der Waals surface area contributed by atoms with E-state index in [9.17, 15) is 19.7 Å². The highest BCUT2D eigenvalue weighted by Crippen LogP contribution is 2.29. The summed E-state index contributed by atoms with van der Waals surface area (Å²) in [6.45, 7) is 2.14. The maximum absolute atomic E-state index is 12.5. The van der Waals surface area contributed by atoms with Crippen LogP contribution in [0.25, 0.3) is 0 Å². The van der Waals surface area contributed by atoms with Crippen molar-refractivity contribution in [3.63, 3.8) is 0 Å². The first kappa shape index (κ1) is 21.5. The van der Waals surface area contributed by atoms with Gasteiger partial charge in [0.1, 0.15) is 6.61 Å². The quantitative estimate of drug-likeness (QED) is 0.324. The number of ether oxygens (including phenoxy) is 2. The average molecular weight is 420 g/mol. The van der Waals surface area contributed by atoms with Crippen molar-refractivity contribution in [1.82, 2.24) is 0 Å². The normalized spacial score (nSPS) is 10.2. The van der Waals surface area contributed by atoms with Gasteiger partial charge in [0.05, 0.1) is 17.1 Å². The number of hydrogen-bond acceptors (Lipinski definition) is 6. The molecular formula is C23H20N2O6. The number of carbonyl (C=O) groups is 2. The number of nitro benzene ring substituents is 1. The molecule has 8 heteroatoms. The van der Waals surface area contributed by atoms with Gasteiger partial charge < -0.3 is 14.8 Å². The number of nitrogens with zero attached hydrogens (tertiary/aromatic N) is 1. The predicted molar refractivity (Wildman–Crippen MR) is 114 cm³/mol. The van der Waals surface area contributed by atoms with Crippen molar-refractivity contribution in [2.45, 2.75) is 13.5 Å². The van der Waals surface area contributed by atoms with Gasteiger partial charge in [0.25, 0.3) is 5.91 Å². The Labute approximate surface area is 178 Å². The van der Waals surface area contributed by atoms with Gasteiger partial charge in [-0.05, 0) is 48.9 Å². The van der Waals surface area contributed by atoms with Crippen LogP contribution < -0.4 is 10.1 Å². The molecule has 1 N–H and O–H groups in total. The third-order valence-corrected chi connectivity index (χ3v) is 4.31. The second-order valence-electron chi connectivity index (χ2n) is 6.47. The zero-order chi connectivity index (χ0) is 22.2. The average Bonchev–Trinajstić information content (AvgIpc) is 2.78. The molecular weight excluding hydrogens is 400 g/mol. The molecule has 0 spiro atoms. The first-order chi connectivity index (χ1) is 15.0. The summed E-state index contributed by atoms with van der Waals surface area (Å²) in [4.78, 5) is 35.1. The molecule has 0 aliphatic heterocycles. The van der Waals surface area contributed by atoms with E-state index < -0.39 is 16.8 Å². The standard InChI is InChI=1S/C23H20N2O6/c1-2-30-23(27)17-8-11-19(12-9-17)24-22(26)18-10-13-21(20(14-18)25(28)29)31-15-16-6-4-3-5-7-16/h3-14H,2,15H2,1H3,(H,24,26). The van der Waals surface area contributed by atoms with Gasteiger partial charge in [-0.1, -0.05) is 30.3 Å². The summed E-state index contributed by atoms with van der Waals surface area (Å²) in [5, 5.41) is 14.1. The first-order valence-electron chi connectivity index (χ1n) is 9.51. The van der Waals surface area contributed by atoms with Gasteiger partial charge >= 0.3 is 11.7 Å². The van der Waals surface area contributed by atoms with Gasteiger partial charge in [-0.15, -0.1) is 0 Å². The van der Waals surface area contributed by atoms with Crippen LogP contribution in [-0.2, 0) is 11.3 Å². The van der Waals surface area contributed by atoms with Crippen LogP contribution in [0.5, 0.6) is 5.75 Å². The highest BCUT2D eigenvalue weighted by Gasteiger charge is 2.19. The summed E-state index contributed by atoms with van der Waals surface area (Å²) in [6, 6.07) is 19.4. The highest BCUT2D eigenvalue weighted by molar-refractivity contribution is 6.05. The molecule has 0 saturated carbocycles. The number of esters is 1. The van der Waals surface area contributed by atoms with E-state index in [0.717, 1.165) is 5.56 Å². The Morgan fingerprint density at radius 2 is 1.65 bits per heavy atom. The van der Waals surface area contributed by atoms with Crippen LogP contribution >= 0.6 is 0 Å². The Morgan fingerprint density at radius 1 is 0.968 bits per heavy atom. The van der Waals surface area contributed by atoms with Gasteiger partial charge in [0.15, 0.2) is 5.75 Å². The molecule has 3 rings (SSSR count). The lowest BCUT2D eigenvalue weighted by atomic mass is 10.1. The van der Waals surface area contributed by atoms with E-state index in [-0.39, 0.29) is 30.2 Å². The molecule has 0 unspecified atom stereocenters. The van der Waals surface area contributed by atoms with Gasteiger partial charge in [-0.2, -0.15) is 0 Å². The number of hydrogen-bond donors (Lipinski definition) is 1. The number of nitrogens with one attached hydrogen (secondary N) is 1. The first-order valence-corrected chi connectivity index (χ1v) is 9.51. The van der Waals surface area contributed by atoms with Crippen molar-refractivity contribution in [1.29, 1.82) is 0 Å². The van der Waals surface area contributed by atoms with Crippen molar-refractivity contribution >= 4 is 23.3 Å². The summed E-state index contributed by atoms with van der Waals surface area (Å²) in [5.41, 5.74) is 1.46. The fourth-order valence-corrected chi connectivity index (χ4v) is 2.77. The van der Waals surface area contributed by atoms with Crippen LogP contribution in [0.2, 0.25) is 0 Å². The van der Waals surface area contributed by atoms with Crippen LogP contribution in [0, 0.1) is 10.1 Å². The maximum Gasteiger partial charge on any atom is 0.338 e. The minimum Gasteiger partial charge on any atom is -0.482 e. The third kappa shape index (κ3) is 5.66. The second-order valence-corrected chi connectivity index (χ2v) is 6.47. The molecule has 0 saturated heterocycles. The largest absolute Gasteiger partial charge is 0.482 e. The van der Waals surface area contributed by atoms with E-state index in [4.69, 9.17) is 9.47 Å². The molecule has 31 heavy (non-hydrogen) atoms. The van der Waals surface area contributed by atoms with E-state index in [1.54, 1.807) is 19.1 Å². The van der Waals surface area contributed by atoms with Gasteiger partial charge in [0, 0.05) is 17.3 Å². The van der Waals surface area contributed by atoms with Crippen LogP contribution in [0.4, 0.5) is 11.4 Å². The maximum atomic E-state index is 12.5. The number of benzene rings is 3. The SMILES string of the molecule is CCOC(=O)c1ccc(NC(=O)c2ccc(OCc3ccccc3)c([N+](=O)[O-])c2)cc1. The Morgan fingerprint density at radius 3 is 2.29 bits per heavy atom. The van der Waals surface area contributed by atoms with E-state index in [0.29, 0.717) is 11.3 Å². The highest BCUT2D eigenvalue weighted by atomic mass is 16.6. The van der Waals surface area contributed by atoms with Crippen LogP contribution in [0.15, 0.2) is 72.8 Å². The number of carbonyl (C=O) groups excluding carboxylic acids is 2. The lowest BCUT2D eigenvalue weighted by Crippen LogP contribution is -2.13. The summed E-state index contributed by atoms with van der Waals surface area (Å²) in [7, 11) is 0. The smallest absolute Gasteiger partial charge is 0.338 e. The van der Waals surface area contributed by atoms with Crippen molar-refractivity contribution in [3.8, 4) is 5.75 Å². The van der Waals surface area contributed by atoms with Crippen LogP contribution in [-0.4, -0.2) is 23.4 Å². The Hall–Kier alpha value is -4.20. The van der Waals surface area contributed by atoms with Gasteiger partial charge in [-0.25, -0.2) is 4.79 Å². The molecule has 3 aromatic rings. The molecule has 158 valence electrons. The van der Waals surface area contributed by atoms with Gasteiger partial charge in [-0.3, -0.25) is 14.9 Å². The fraction of sp³-hybridized carbons (Fsp3) is 0.130. The Balaban J connectivity index is 1.71. The Kier molecular flexibility index (Phi) is 6.95. The second kappa shape index (κ2) is 10.0. The van der Waals surface area contributed by atoms with Crippen molar-refractivity contribution in [2.24, 2.45) is 0 Å². The summed E-state index contributed by atoms with van der Waals surface area (Å²) in [6.07, 6.45) is 0. The molecule has 0 aliphatic carbocycles. The van der Waals surface area contributed by atoms with Gasteiger partial charge in [0.2, 0.25) is 0 Å². The molecule has 1 amide bonds. The van der Waals surface area contributed by atoms with E-state index in [2.05, 4.69) is 5.32 Å². The number of anilines is 1. The summed E-state index contributed by atoms with van der Waals surface area (Å²) in [5.74, 6) is -0.909. The molecule has 3 aromatic carbocycles. The molecule has 0 aromatic heterocycles. The minimum absolute atomic E-state index is 0.0733. The molecule has 8 nitrogen and oxygen atoms in total. The number of amides is 1. The summed E-state index contributed by atoms with van der Waals surface area (Å²) < 4.78 is 10.5. The van der Waals surface area contributed by atoms with Crippen molar-refractivity contribution < 1.29 is 24.0 Å². The topological polar surface area (TPSA) is 108 Å². The fourth-order valence-electron chi connectivity index (χ4n) is 2.77. The third-order valence-electron chi connectivity index (χ3n) is 4.31. The van der Waals surface area contributed by atoms with E-state index in [1.807, 2.05) is 30.3 Å². The van der Waals surface area contributed by atoms with Crippen LogP contribution in [0.3, 0.4) is 0 Å². The van der Waals surface area contributed by atoms with E-state index in [1.165, 1.54) is 30.3 Å². The van der Waals surface area contributed by atoms with Crippen molar-refractivity contribution in [3.05, 3.63) is 99.6 Å². The zero-order valence-electron chi connectivity index (χ0n) is 16.7. The Bertz CT molecular complexity index is 1080. The summed E-state index contributed by atoms with van der Waals surface area (Å²) >= 11 is 0. The molecule has 0 bridgehead atoms. The molecule has 0 fully saturated rings. The monoisotopic (exact) mass is 420 g/mol. The van der Waals surface area contributed by atoms with Crippen LogP contribution in [0.1, 0.15) is 33.2 Å². The lowest BCUT2D eigenvalue weighted by Gasteiger charge is -2.09. The number of nitro groups is 1. The molecule has 0 atom stereocenters. The molecule has 0 heterocycles. The minimum atomic E-state index is -0.592. The zero-order valence-corrected chi connectivity index (χ0v) is 16.7. The lowest BCUT2D eigenvalue weighted by molar-refractivity contribution is -0.386.